The molecule has 3 aromatic rings. The molecule has 3 N–H and O–H groups in total. The maximum atomic E-state index is 12.6. The number of nitrogens with one attached hydrogen (secondary N) is 2. The highest BCUT2D eigenvalue weighted by Crippen LogP contribution is 2.36. The first-order valence-electron chi connectivity index (χ1n) is 11.0. The number of benzene rings is 2. The summed E-state index contributed by atoms with van der Waals surface area (Å²) in [6, 6.07) is 13.8. The number of hydrogen-bond acceptors (Lipinski definition) is 4. The predicted molar refractivity (Wildman–Crippen MR) is 123 cm³/mol. The van der Waals surface area contributed by atoms with Crippen LogP contribution in [0.4, 0.5) is 5.69 Å². The number of carbonyl (C=O) groups excluding carboxylic acids is 1. The molecule has 0 unspecified atom stereocenters. The van der Waals surface area contributed by atoms with Gasteiger partial charge in [-0.05, 0) is 74.3 Å². The van der Waals surface area contributed by atoms with Crippen molar-refractivity contribution in [3.05, 3.63) is 59.3 Å². The second-order valence-corrected chi connectivity index (χ2v) is 8.20. The lowest BCUT2D eigenvalue weighted by atomic mass is 9.98. The van der Waals surface area contributed by atoms with E-state index >= 15 is 0 Å². The molecular weight excluding hydrogens is 390 g/mol. The van der Waals surface area contributed by atoms with Crippen molar-refractivity contribution in [1.82, 2.24) is 9.88 Å². The number of likely N-dealkylation sites (tertiary alicyclic amines) is 1. The van der Waals surface area contributed by atoms with Crippen LogP contribution in [0.2, 0.25) is 0 Å². The molecule has 5 rings (SSSR count). The third-order valence-corrected chi connectivity index (χ3v) is 6.08. The van der Waals surface area contributed by atoms with Gasteiger partial charge in [-0.25, -0.2) is 0 Å². The highest BCUT2D eigenvalue weighted by atomic mass is 16.5. The molecule has 2 aromatic carbocycles. The maximum absolute atomic E-state index is 12.6. The quantitative estimate of drug-likeness (QED) is 0.513. The molecule has 0 bridgehead atoms. The van der Waals surface area contributed by atoms with E-state index in [1.165, 1.54) is 25.9 Å². The van der Waals surface area contributed by atoms with E-state index in [1.54, 1.807) is 0 Å². The van der Waals surface area contributed by atoms with Gasteiger partial charge in [0.1, 0.15) is 12.4 Å². The van der Waals surface area contributed by atoms with Crippen molar-refractivity contribution in [1.29, 1.82) is 0 Å². The third kappa shape index (κ3) is 4.09. The number of nitrogens with zero attached hydrogens (tertiary/aromatic N) is 1. The number of anilines is 1. The number of H-pyrrole nitrogens is 1. The zero-order valence-electron chi connectivity index (χ0n) is 17.5. The van der Waals surface area contributed by atoms with Crippen LogP contribution in [0.25, 0.3) is 22.6 Å². The van der Waals surface area contributed by atoms with Gasteiger partial charge in [0.15, 0.2) is 0 Å². The van der Waals surface area contributed by atoms with Gasteiger partial charge in [-0.2, -0.15) is 0 Å². The molecule has 6 heteroatoms. The van der Waals surface area contributed by atoms with Crippen LogP contribution >= 0.6 is 0 Å². The molecule has 0 spiro atoms. The molecule has 31 heavy (non-hydrogen) atoms. The first kappa shape index (κ1) is 19.8. The first-order valence-corrected chi connectivity index (χ1v) is 11.0. The Morgan fingerprint density at radius 2 is 2.00 bits per heavy atom. The van der Waals surface area contributed by atoms with Gasteiger partial charge < -0.3 is 20.1 Å². The van der Waals surface area contributed by atoms with Crippen LogP contribution in [0, 0.1) is 0 Å². The second kappa shape index (κ2) is 8.57. The number of aliphatic hydroxyl groups is 1. The predicted octanol–water partition coefficient (Wildman–Crippen LogP) is 3.67. The van der Waals surface area contributed by atoms with Gasteiger partial charge in [-0.15, -0.1) is 0 Å². The van der Waals surface area contributed by atoms with Gasteiger partial charge in [-0.3, -0.25) is 9.69 Å². The Labute approximate surface area is 181 Å². The van der Waals surface area contributed by atoms with Crippen LogP contribution in [0.3, 0.4) is 0 Å². The number of aromatic nitrogens is 1. The zero-order valence-corrected chi connectivity index (χ0v) is 17.5. The Balaban J connectivity index is 1.37. The summed E-state index contributed by atoms with van der Waals surface area (Å²) in [6.07, 6.45) is 4.98. The average molecular weight is 418 g/mol. The number of ether oxygens (including phenoxy) is 1. The topological polar surface area (TPSA) is 77.6 Å². The molecule has 1 aromatic heterocycles. The van der Waals surface area contributed by atoms with Crippen LogP contribution in [0.5, 0.6) is 5.75 Å². The highest BCUT2D eigenvalue weighted by Gasteiger charge is 2.26. The monoisotopic (exact) mass is 417 g/mol. The Bertz CT molecular complexity index is 1140. The minimum Gasteiger partial charge on any atom is -0.492 e. The lowest BCUT2D eigenvalue weighted by Gasteiger charge is -2.14. The number of rotatable bonds is 7. The number of fused-ring (bicyclic) bond motifs is 2. The maximum Gasteiger partial charge on any atom is 0.256 e. The lowest BCUT2D eigenvalue weighted by molar-refractivity contribution is -0.110. The van der Waals surface area contributed by atoms with E-state index in [1.807, 2.05) is 48.5 Å². The van der Waals surface area contributed by atoms with Crippen LogP contribution in [-0.2, 0) is 11.2 Å². The van der Waals surface area contributed by atoms with Gasteiger partial charge in [0.25, 0.3) is 5.91 Å². The minimum absolute atomic E-state index is 0.0465. The summed E-state index contributed by atoms with van der Waals surface area (Å²) in [4.78, 5) is 18.4. The van der Waals surface area contributed by atoms with Crippen molar-refractivity contribution >= 4 is 34.1 Å². The molecule has 1 saturated heterocycles. The summed E-state index contributed by atoms with van der Waals surface area (Å²) in [5, 5.41) is 13.4. The van der Waals surface area contributed by atoms with Crippen molar-refractivity contribution in [3.63, 3.8) is 0 Å². The second-order valence-electron chi connectivity index (χ2n) is 8.20. The molecular formula is C25H27N3O3. The number of aliphatic hydroxyl groups excluding tert-OH is 1. The lowest BCUT2D eigenvalue weighted by Crippen LogP contribution is -2.25. The highest BCUT2D eigenvalue weighted by molar-refractivity contribution is 6.35. The third-order valence-electron chi connectivity index (χ3n) is 6.08. The van der Waals surface area contributed by atoms with Gasteiger partial charge in [-0.1, -0.05) is 12.1 Å². The smallest absolute Gasteiger partial charge is 0.256 e. The largest absolute Gasteiger partial charge is 0.492 e. The molecule has 160 valence electrons. The van der Waals surface area contributed by atoms with Crippen molar-refractivity contribution < 1.29 is 14.6 Å². The summed E-state index contributed by atoms with van der Waals surface area (Å²) in [6.45, 7) is 4.05. The van der Waals surface area contributed by atoms with Crippen LogP contribution in [0.1, 0.15) is 29.7 Å². The fraction of sp³-hybridized carbons (Fsp3) is 0.320. The number of aromatic amines is 1. The van der Waals surface area contributed by atoms with Gasteiger partial charge in [0.05, 0.1) is 5.57 Å². The van der Waals surface area contributed by atoms with Gasteiger partial charge >= 0.3 is 0 Å². The molecule has 0 radical (unpaired) electrons. The molecule has 6 nitrogen and oxygen atoms in total. The fourth-order valence-corrected chi connectivity index (χ4v) is 4.55. The van der Waals surface area contributed by atoms with E-state index < -0.39 is 0 Å². The van der Waals surface area contributed by atoms with Crippen molar-refractivity contribution in [2.45, 2.75) is 19.3 Å². The Kier molecular flexibility index (Phi) is 5.49. The zero-order chi connectivity index (χ0) is 21.2. The van der Waals surface area contributed by atoms with E-state index in [9.17, 15) is 9.90 Å². The van der Waals surface area contributed by atoms with Gasteiger partial charge in [0, 0.05) is 41.0 Å². The van der Waals surface area contributed by atoms with Gasteiger partial charge in [0.2, 0.25) is 0 Å². The SMILES string of the molecule is O=C1Nc2cccc(CCO)c2/C1=C\c1cc2cc(OCCN3CCCC3)ccc2[nH]1. The Hall–Kier alpha value is -3.09. The summed E-state index contributed by atoms with van der Waals surface area (Å²) in [7, 11) is 0. The average Bonchev–Trinajstić information content (AvgIpc) is 3.48. The normalized spacial score (nSPS) is 17.5. The summed E-state index contributed by atoms with van der Waals surface area (Å²) in [5.74, 6) is 0.740. The Morgan fingerprint density at radius 3 is 2.84 bits per heavy atom. The number of carbonyl (C=O) groups is 1. The molecule has 2 aliphatic rings. The molecule has 0 aliphatic carbocycles. The van der Waals surface area contributed by atoms with Crippen molar-refractivity contribution in [2.24, 2.45) is 0 Å². The molecule has 1 amide bonds. The Morgan fingerprint density at radius 1 is 1.13 bits per heavy atom. The van der Waals surface area contributed by atoms with E-state index in [2.05, 4.69) is 15.2 Å². The van der Waals surface area contributed by atoms with Crippen LogP contribution < -0.4 is 10.1 Å². The fourth-order valence-electron chi connectivity index (χ4n) is 4.55. The molecule has 1 fully saturated rings. The minimum atomic E-state index is -0.120. The summed E-state index contributed by atoms with van der Waals surface area (Å²) >= 11 is 0. The molecule has 0 atom stereocenters. The van der Waals surface area contributed by atoms with Crippen LogP contribution in [0.15, 0.2) is 42.5 Å². The van der Waals surface area contributed by atoms with Crippen molar-refractivity contribution in [3.8, 4) is 5.75 Å². The number of hydrogen-bond donors (Lipinski definition) is 3. The molecule has 2 aliphatic heterocycles. The van der Waals surface area contributed by atoms with E-state index in [-0.39, 0.29) is 12.5 Å². The molecule has 3 heterocycles. The van der Waals surface area contributed by atoms with Crippen molar-refractivity contribution in [2.75, 3.05) is 38.2 Å². The van der Waals surface area contributed by atoms with E-state index in [0.717, 1.165) is 45.7 Å². The van der Waals surface area contributed by atoms with Crippen LogP contribution in [-0.4, -0.2) is 53.7 Å². The summed E-state index contributed by atoms with van der Waals surface area (Å²) < 4.78 is 5.97. The van der Waals surface area contributed by atoms with E-state index in [0.29, 0.717) is 18.6 Å². The summed E-state index contributed by atoms with van der Waals surface area (Å²) in [5.41, 5.74) is 5.13. The first-order chi connectivity index (χ1) is 15.2. The van der Waals surface area contributed by atoms with E-state index in [4.69, 9.17) is 4.74 Å². The molecule has 0 saturated carbocycles. The number of amides is 1. The standard InChI is InChI=1S/C25H27N3O3/c29-12-8-17-4-3-5-23-24(17)21(25(30)27-23)16-19-14-18-15-20(6-7-22(18)26-19)31-13-11-28-9-1-2-10-28/h3-7,14-16,26,29H,1-2,8-13H2,(H,27,30)/b21-16+.